The van der Waals surface area contributed by atoms with Gasteiger partial charge in [-0.05, 0) is 42.4 Å². The average Bonchev–Trinajstić information content (AvgIpc) is 3.23. The fourth-order valence-electron chi connectivity index (χ4n) is 2.80. The Morgan fingerprint density at radius 2 is 1.97 bits per heavy atom. The summed E-state index contributed by atoms with van der Waals surface area (Å²) in [5.41, 5.74) is 0.856. The van der Waals surface area contributed by atoms with Crippen LogP contribution in [-0.2, 0) is 11.0 Å². The van der Waals surface area contributed by atoms with Crippen LogP contribution in [0.3, 0.4) is 0 Å². The molecule has 3 rings (SSSR count). The molecule has 1 amide bonds. The minimum Gasteiger partial charge on any atom is -0.496 e. The number of methoxy groups -OCH3 is 1. The fraction of sp³-hybridized carbons (Fsp3) is 0.348. The van der Waals surface area contributed by atoms with Gasteiger partial charge >= 0.3 is 0 Å². The molecule has 1 aromatic carbocycles. The molecule has 0 unspecified atom stereocenters. The molecule has 11 heteroatoms. The lowest BCUT2D eigenvalue weighted by Crippen LogP contribution is -2.40. The number of hydrogen-bond acceptors (Lipinski definition) is 8. The molecule has 0 radical (unpaired) electrons. The van der Waals surface area contributed by atoms with E-state index in [1.165, 1.54) is 48.9 Å². The first-order valence-electron chi connectivity index (χ1n) is 10.5. The van der Waals surface area contributed by atoms with E-state index in [4.69, 9.17) is 9.16 Å². The molecule has 0 aliphatic heterocycles. The minimum atomic E-state index is -1.96. The number of carbonyl (C=O) groups excluding carboxylic acids is 1. The standard InChI is InChI=1S/C23H26FN5O3SSi/c1-23(2,3)34(5,6)32-13-20-28-29-22(33-20)27-21(30)18-12-26-15(11-25)10-16(18)17-9-14(24)7-8-19(17)31-4/h7-10,12H,13H2,1-6H3,(H,27,29,30). The maximum Gasteiger partial charge on any atom is 0.259 e. The molecule has 178 valence electrons. The highest BCUT2D eigenvalue weighted by Gasteiger charge is 2.37. The number of nitriles is 1. The summed E-state index contributed by atoms with van der Waals surface area (Å²) in [5.74, 6) is -0.675. The normalized spacial score (nSPS) is 11.7. The van der Waals surface area contributed by atoms with Crippen molar-refractivity contribution < 1.29 is 18.3 Å². The molecule has 0 aliphatic rings. The van der Waals surface area contributed by atoms with E-state index in [0.29, 0.717) is 33.6 Å². The molecular formula is C23H26FN5O3SSi. The Morgan fingerprint density at radius 3 is 2.62 bits per heavy atom. The Morgan fingerprint density at radius 1 is 1.24 bits per heavy atom. The van der Waals surface area contributed by atoms with E-state index in [-0.39, 0.29) is 16.3 Å². The monoisotopic (exact) mass is 499 g/mol. The van der Waals surface area contributed by atoms with Crippen LogP contribution in [0.5, 0.6) is 5.75 Å². The number of anilines is 1. The number of benzene rings is 1. The third-order valence-corrected chi connectivity index (χ3v) is 11.1. The first-order chi connectivity index (χ1) is 15.9. The van der Waals surface area contributed by atoms with Gasteiger partial charge in [0.25, 0.3) is 5.91 Å². The van der Waals surface area contributed by atoms with Crippen LogP contribution >= 0.6 is 11.3 Å². The van der Waals surface area contributed by atoms with E-state index in [2.05, 4.69) is 54.4 Å². The number of pyridine rings is 1. The number of aromatic nitrogens is 3. The summed E-state index contributed by atoms with van der Waals surface area (Å²) in [5, 5.41) is 21.1. The number of amides is 1. The van der Waals surface area contributed by atoms with E-state index in [1.807, 2.05) is 6.07 Å². The lowest BCUT2D eigenvalue weighted by Gasteiger charge is -2.35. The number of hydrogen-bond donors (Lipinski definition) is 1. The van der Waals surface area contributed by atoms with Gasteiger partial charge in [-0.25, -0.2) is 9.37 Å². The van der Waals surface area contributed by atoms with Crippen molar-refractivity contribution >= 4 is 30.7 Å². The molecular weight excluding hydrogens is 473 g/mol. The zero-order chi connectivity index (χ0) is 25.1. The Balaban J connectivity index is 1.86. The lowest BCUT2D eigenvalue weighted by molar-refractivity contribution is 0.102. The van der Waals surface area contributed by atoms with Crippen molar-refractivity contribution in [2.24, 2.45) is 0 Å². The SMILES string of the molecule is COc1ccc(F)cc1-c1cc(C#N)ncc1C(=O)Nc1nnc(CO[Si](C)(C)C(C)(C)C)s1. The molecule has 0 saturated carbocycles. The average molecular weight is 500 g/mol. The van der Waals surface area contributed by atoms with Crippen molar-refractivity contribution in [2.45, 2.75) is 45.5 Å². The predicted molar refractivity (Wildman–Crippen MR) is 131 cm³/mol. The Labute approximate surface area is 202 Å². The quantitative estimate of drug-likeness (QED) is 0.434. The Kier molecular flexibility index (Phi) is 7.45. The second-order valence-electron chi connectivity index (χ2n) is 9.08. The van der Waals surface area contributed by atoms with Gasteiger partial charge in [0.05, 0.1) is 19.3 Å². The maximum atomic E-state index is 14.0. The lowest BCUT2D eigenvalue weighted by atomic mass is 9.99. The highest BCUT2D eigenvalue weighted by Crippen LogP contribution is 2.37. The summed E-state index contributed by atoms with van der Waals surface area (Å²) in [7, 11) is -0.514. The van der Waals surface area contributed by atoms with Crippen LogP contribution in [0.25, 0.3) is 11.1 Å². The highest BCUT2D eigenvalue weighted by molar-refractivity contribution is 7.15. The molecule has 0 aliphatic carbocycles. The molecule has 8 nitrogen and oxygen atoms in total. The molecule has 0 fully saturated rings. The van der Waals surface area contributed by atoms with E-state index in [9.17, 15) is 14.4 Å². The molecule has 0 saturated heterocycles. The third kappa shape index (κ3) is 5.64. The number of ether oxygens (including phenoxy) is 1. The summed E-state index contributed by atoms with van der Waals surface area (Å²) < 4.78 is 25.5. The minimum absolute atomic E-state index is 0.0612. The van der Waals surface area contributed by atoms with Crippen molar-refractivity contribution in [3.63, 3.8) is 0 Å². The van der Waals surface area contributed by atoms with Gasteiger partial charge in [-0.15, -0.1) is 10.2 Å². The van der Waals surface area contributed by atoms with Gasteiger partial charge in [-0.1, -0.05) is 32.1 Å². The van der Waals surface area contributed by atoms with Gasteiger partial charge in [0.1, 0.15) is 28.3 Å². The van der Waals surface area contributed by atoms with Crippen LogP contribution in [0.1, 0.15) is 41.8 Å². The largest absolute Gasteiger partial charge is 0.496 e. The van der Waals surface area contributed by atoms with Crippen molar-refractivity contribution in [1.82, 2.24) is 15.2 Å². The van der Waals surface area contributed by atoms with Crippen LogP contribution in [0, 0.1) is 17.1 Å². The van der Waals surface area contributed by atoms with Crippen LogP contribution < -0.4 is 10.1 Å². The van der Waals surface area contributed by atoms with Gasteiger partial charge in [-0.3, -0.25) is 10.1 Å². The molecule has 34 heavy (non-hydrogen) atoms. The zero-order valence-electron chi connectivity index (χ0n) is 19.9. The summed E-state index contributed by atoms with van der Waals surface area (Å²) in [6.45, 7) is 11.1. The van der Waals surface area contributed by atoms with Gasteiger partial charge in [0.2, 0.25) is 5.13 Å². The summed E-state index contributed by atoms with van der Waals surface area (Å²) in [6.07, 6.45) is 1.27. The Hall–Kier alpha value is -3.20. The van der Waals surface area contributed by atoms with E-state index >= 15 is 0 Å². The topological polar surface area (TPSA) is 110 Å². The van der Waals surface area contributed by atoms with Crippen molar-refractivity contribution in [3.8, 4) is 22.9 Å². The van der Waals surface area contributed by atoms with Crippen LogP contribution in [0.2, 0.25) is 18.1 Å². The van der Waals surface area contributed by atoms with Crippen molar-refractivity contribution in [1.29, 1.82) is 5.26 Å². The number of nitrogens with zero attached hydrogens (tertiary/aromatic N) is 4. The molecule has 0 bridgehead atoms. The second kappa shape index (κ2) is 9.96. The van der Waals surface area contributed by atoms with Crippen LogP contribution in [0.4, 0.5) is 9.52 Å². The number of nitrogens with one attached hydrogen (secondary N) is 1. The summed E-state index contributed by atoms with van der Waals surface area (Å²) >= 11 is 1.21. The second-order valence-corrected chi connectivity index (χ2v) is 14.9. The van der Waals surface area contributed by atoms with Gasteiger partial charge in [0, 0.05) is 17.3 Å². The van der Waals surface area contributed by atoms with Crippen LogP contribution in [0.15, 0.2) is 30.5 Å². The van der Waals surface area contributed by atoms with Gasteiger partial charge in [0.15, 0.2) is 8.32 Å². The molecule has 2 aromatic heterocycles. The number of rotatable bonds is 7. The summed E-state index contributed by atoms with van der Waals surface area (Å²) in [6, 6.07) is 7.31. The zero-order valence-corrected chi connectivity index (χ0v) is 21.7. The smallest absolute Gasteiger partial charge is 0.259 e. The first kappa shape index (κ1) is 25.4. The molecule has 2 heterocycles. The van der Waals surface area contributed by atoms with E-state index in [0.717, 1.165) is 0 Å². The van der Waals surface area contributed by atoms with Gasteiger partial charge in [-0.2, -0.15) is 5.26 Å². The van der Waals surface area contributed by atoms with Crippen LogP contribution in [-0.4, -0.2) is 36.5 Å². The van der Waals surface area contributed by atoms with Crippen molar-refractivity contribution in [3.05, 3.63) is 52.5 Å². The first-order valence-corrected chi connectivity index (χ1v) is 14.2. The number of carbonyl (C=O) groups is 1. The summed E-state index contributed by atoms with van der Waals surface area (Å²) in [4.78, 5) is 17.1. The third-order valence-electron chi connectivity index (χ3n) is 5.76. The molecule has 0 atom stereocenters. The Bertz CT molecular complexity index is 1250. The molecule has 3 aromatic rings. The number of halogens is 1. The van der Waals surface area contributed by atoms with E-state index in [1.54, 1.807) is 0 Å². The predicted octanol–water partition coefficient (Wildman–Crippen LogP) is 5.39. The molecule has 0 spiro atoms. The van der Waals surface area contributed by atoms with Crippen molar-refractivity contribution in [2.75, 3.05) is 12.4 Å². The molecule has 1 N–H and O–H groups in total. The fourth-order valence-corrected chi connectivity index (χ4v) is 4.48. The van der Waals surface area contributed by atoms with Gasteiger partial charge < -0.3 is 9.16 Å². The maximum absolute atomic E-state index is 14.0. The van der Waals surface area contributed by atoms with E-state index < -0.39 is 20.0 Å². The highest BCUT2D eigenvalue weighted by atomic mass is 32.1.